The maximum absolute atomic E-state index is 8.39. The van der Waals surface area contributed by atoms with E-state index >= 15 is 0 Å². The van der Waals surface area contributed by atoms with Crippen LogP contribution in [0.25, 0.3) is 0 Å². The summed E-state index contributed by atoms with van der Waals surface area (Å²) in [6.07, 6.45) is 4.13. The lowest BCUT2D eigenvalue weighted by Crippen LogP contribution is -1.78. The third kappa shape index (κ3) is 3.88. The smallest absolute Gasteiger partial charge is 0.0614 e. The van der Waals surface area contributed by atoms with Gasteiger partial charge < -0.3 is 5.11 Å². The number of allylic oxidation sites excluding steroid dienone is 1. The summed E-state index contributed by atoms with van der Waals surface area (Å²) >= 11 is 0. The lowest BCUT2D eigenvalue weighted by atomic mass is 10.2. The van der Waals surface area contributed by atoms with E-state index in [1.54, 1.807) is 0 Å². The monoisotopic (exact) mass is 114 g/mol. The van der Waals surface area contributed by atoms with Gasteiger partial charge in [-0.05, 0) is 13.3 Å². The largest absolute Gasteiger partial charge is 0.392 e. The summed E-state index contributed by atoms with van der Waals surface area (Å²) in [4.78, 5) is 0. The van der Waals surface area contributed by atoms with Gasteiger partial charge in [-0.1, -0.05) is 25.0 Å². The van der Waals surface area contributed by atoms with Crippen molar-refractivity contribution in [2.45, 2.75) is 26.7 Å². The van der Waals surface area contributed by atoms with E-state index in [0.29, 0.717) is 0 Å². The number of aliphatic hydroxyl groups is 1. The molecule has 0 spiro atoms. The minimum Gasteiger partial charge on any atom is -0.392 e. The zero-order valence-electron chi connectivity index (χ0n) is 5.65. The van der Waals surface area contributed by atoms with Crippen molar-refractivity contribution in [3.05, 3.63) is 11.6 Å². The molecule has 0 fully saturated rings. The minimum atomic E-state index is 0.186. The third-order valence-corrected chi connectivity index (χ3v) is 1.08. The Hall–Kier alpha value is -0.300. The lowest BCUT2D eigenvalue weighted by Gasteiger charge is -1.93. The van der Waals surface area contributed by atoms with Crippen molar-refractivity contribution < 1.29 is 5.11 Å². The first-order chi connectivity index (χ1) is 3.81. The second-order valence-electron chi connectivity index (χ2n) is 1.98. The highest BCUT2D eigenvalue weighted by Gasteiger charge is 1.82. The standard InChI is InChI=1S/C7H14O/c1-3-4-7(2)5-6-8/h5,8H,3-4,6H2,1-2H3/b7-5+. The Bertz CT molecular complexity index is 74.5. The minimum absolute atomic E-state index is 0.186. The summed E-state index contributed by atoms with van der Waals surface area (Å²) in [7, 11) is 0. The van der Waals surface area contributed by atoms with E-state index in [0.717, 1.165) is 6.42 Å². The first-order valence-corrected chi connectivity index (χ1v) is 3.07. The van der Waals surface area contributed by atoms with Crippen molar-refractivity contribution in [3.63, 3.8) is 0 Å². The molecule has 0 bridgehead atoms. The zero-order chi connectivity index (χ0) is 6.41. The Morgan fingerprint density at radius 1 is 1.62 bits per heavy atom. The highest BCUT2D eigenvalue weighted by Crippen LogP contribution is 2.00. The molecule has 0 aromatic rings. The van der Waals surface area contributed by atoms with Gasteiger partial charge in [-0.15, -0.1) is 0 Å². The molecule has 0 aliphatic heterocycles. The van der Waals surface area contributed by atoms with Crippen LogP contribution in [0.4, 0.5) is 0 Å². The van der Waals surface area contributed by atoms with Crippen molar-refractivity contribution in [2.75, 3.05) is 6.61 Å². The maximum atomic E-state index is 8.39. The molecule has 1 N–H and O–H groups in total. The molecule has 0 atom stereocenters. The second-order valence-corrected chi connectivity index (χ2v) is 1.98. The molecule has 0 aliphatic rings. The van der Waals surface area contributed by atoms with Gasteiger partial charge >= 0.3 is 0 Å². The van der Waals surface area contributed by atoms with Crippen LogP contribution in [-0.2, 0) is 0 Å². The van der Waals surface area contributed by atoms with E-state index in [4.69, 9.17) is 5.11 Å². The number of hydrogen-bond donors (Lipinski definition) is 1. The van der Waals surface area contributed by atoms with Gasteiger partial charge in [0.2, 0.25) is 0 Å². The Kier molecular flexibility index (Phi) is 4.67. The van der Waals surface area contributed by atoms with Gasteiger partial charge in [0.05, 0.1) is 6.61 Å². The van der Waals surface area contributed by atoms with Crippen LogP contribution in [0, 0.1) is 0 Å². The topological polar surface area (TPSA) is 20.2 Å². The molecule has 48 valence electrons. The molecule has 0 saturated carbocycles. The molecule has 0 aromatic heterocycles. The molecule has 0 amide bonds. The predicted octanol–water partition coefficient (Wildman–Crippen LogP) is 1.73. The summed E-state index contributed by atoms with van der Waals surface area (Å²) in [6.45, 7) is 4.36. The van der Waals surface area contributed by atoms with Crippen LogP contribution in [0.5, 0.6) is 0 Å². The van der Waals surface area contributed by atoms with Crippen LogP contribution < -0.4 is 0 Å². The fraction of sp³-hybridized carbons (Fsp3) is 0.714. The van der Waals surface area contributed by atoms with Gasteiger partial charge in [-0.3, -0.25) is 0 Å². The van der Waals surface area contributed by atoms with Gasteiger partial charge in [0.1, 0.15) is 0 Å². The van der Waals surface area contributed by atoms with E-state index in [1.165, 1.54) is 12.0 Å². The van der Waals surface area contributed by atoms with E-state index in [2.05, 4.69) is 6.92 Å². The molecule has 0 heterocycles. The zero-order valence-corrected chi connectivity index (χ0v) is 5.65. The molecular weight excluding hydrogens is 100 g/mol. The van der Waals surface area contributed by atoms with Gasteiger partial charge in [0.15, 0.2) is 0 Å². The van der Waals surface area contributed by atoms with Crippen molar-refractivity contribution in [1.29, 1.82) is 0 Å². The van der Waals surface area contributed by atoms with Crippen LogP contribution >= 0.6 is 0 Å². The van der Waals surface area contributed by atoms with Crippen LogP contribution in [0.2, 0.25) is 0 Å². The Morgan fingerprint density at radius 2 is 2.25 bits per heavy atom. The van der Waals surface area contributed by atoms with E-state index in [-0.39, 0.29) is 6.61 Å². The van der Waals surface area contributed by atoms with Gasteiger partial charge in [-0.2, -0.15) is 0 Å². The maximum Gasteiger partial charge on any atom is 0.0614 e. The van der Waals surface area contributed by atoms with Crippen molar-refractivity contribution in [3.8, 4) is 0 Å². The van der Waals surface area contributed by atoms with Crippen LogP contribution in [-0.4, -0.2) is 11.7 Å². The molecule has 1 nitrogen and oxygen atoms in total. The van der Waals surface area contributed by atoms with Crippen LogP contribution in [0.1, 0.15) is 26.7 Å². The molecule has 0 unspecified atom stereocenters. The van der Waals surface area contributed by atoms with Gasteiger partial charge in [0, 0.05) is 0 Å². The summed E-state index contributed by atoms with van der Waals surface area (Å²) < 4.78 is 0. The Balaban J connectivity index is 3.29. The number of hydrogen-bond acceptors (Lipinski definition) is 1. The fourth-order valence-electron chi connectivity index (χ4n) is 0.652. The summed E-state index contributed by atoms with van der Waals surface area (Å²) in [5, 5.41) is 8.39. The predicted molar refractivity (Wildman–Crippen MR) is 35.8 cm³/mol. The lowest BCUT2D eigenvalue weighted by molar-refractivity contribution is 0.341. The molecule has 8 heavy (non-hydrogen) atoms. The quantitative estimate of drug-likeness (QED) is 0.554. The van der Waals surface area contributed by atoms with Crippen molar-refractivity contribution in [1.82, 2.24) is 0 Å². The van der Waals surface area contributed by atoms with E-state index in [9.17, 15) is 0 Å². The van der Waals surface area contributed by atoms with Crippen molar-refractivity contribution >= 4 is 0 Å². The van der Waals surface area contributed by atoms with E-state index < -0.39 is 0 Å². The van der Waals surface area contributed by atoms with Crippen LogP contribution in [0.15, 0.2) is 11.6 Å². The Labute approximate surface area is 51.0 Å². The first kappa shape index (κ1) is 7.70. The van der Waals surface area contributed by atoms with Gasteiger partial charge in [0.25, 0.3) is 0 Å². The molecule has 0 saturated heterocycles. The molecule has 0 radical (unpaired) electrons. The molecule has 1 heteroatoms. The average Bonchev–Trinajstić information content (AvgIpc) is 1.68. The highest BCUT2D eigenvalue weighted by molar-refractivity contribution is 4.96. The molecule has 0 aliphatic carbocycles. The Morgan fingerprint density at radius 3 is 2.62 bits per heavy atom. The molecular formula is C7H14O. The van der Waals surface area contributed by atoms with Gasteiger partial charge in [-0.25, -0.2) is 0 Å². The summed E-state index contributed by atoms with van der Waals surface area (Å²) in [5.41, 5.74) is 1.29. The summed E-state index contributed by atoms with van der Waals surface area (Å²) in [5.74, 6) is 0. The second kappa shape index (κ2) is 4.85. The number of rotatable bonds is 3. The number of aliphatic hydroxyl groups excluding tert-OH is 1. The normalized spacial score (nSPS) is 12.1. The van der Waals surface area contributed by atoms with Crippen LogP contribution in [0.3, 0.4) is 0 Å². The fourth-order valence-corrected chi connectivity index (χ4v) is 0.652. The first-order valence-electron chi connectivity index (χ1n) is 3.07. The highest BCUT2D eigenvalue weighted by atomic mass is 16.2. The average molecular weight is 114 g/mol. The molecule has 0 rings (SSSR count). The third-order valence-electron chi connectivity index (χ3n) is 1.08. The van der Waals surface area contributed by atoms with Crippen molar-refractivity contribution in [2.24, 2.45) is 0 Å². The molecule has 0 aromatic carbocycles. The SMILES string of the molecule is CCC/C(C)=C/CO. The van der Waals surface area contributed by atoms with E-state index in [1.807, 2.05) is 13.0 Å². The summed E-state index contributed by atoms with van der Waals surface area (Å²) in [6, 6.07) is 0.